The van der Waals surface area contributed by atoms with Crippen LogP contribution in [0, 0.1) is 16.7 Å². The van der Waals surface area contributed by atoms with Crippen LogP contribution >= 0.6 is 0 Å². The molecule has 2 aliphatic rings. The van der Waals surface area contributed by atoms with Crippen molar-refractivity contribution in [1.29, 1.82) is 5.26 Å². The van der Waals surface area contributed by atoms with Crippen LogP contribution < -0.4 is 10.6 Å². The molecule has 2 N–H and O–H groups in total. The predicted molar refractivity (Wildman–Crippen MR) is 172 cm³/mol. The van der Waals surface area contributed by atoms with E-state index in [0.29, 0.717) is 17.7 Å². The van der Waals surface area contributed by atoms with Gasteiger partial charge in [0.15, 0.2) is 0 Å². The lowest BCUT2D eigenvalue weighted by atomic mass is 9.80. The van der Waals surface area contributed by atoms with Crippen LogP contribution in [0.5, 0.6) is 0 Å². The Morgan fingerprint density at radius 2 is 1.64 bits per heavy atom. The molecule has 0 unspecified atom stereocenters. The molecule has 5 rings (SSSR count). The molecule has 1 fully saturated rings. The third kappa shape index (κ3) is 6.18. The zero-order valence-corrected chi connectivity index (χ0v) is 26.3. The molecule has 3 aromatic rings. The number of likely N-dealkylation sites (tertiary alicyclic amines) is 1. The third-order valence-corrected chi connectivity index (χ3v) is 8.79. The summed E-state index contributed by atoms with van der Waals surface area (Å²) in [4.78, 5) is 57.2. The molecular weight excluding hydrogens is 566 g/mol. The van der Waals surface area contributed by atoms with Crippen LogP contribution in [0.25, 0.3) is 11.1 Å². The number of carbonyl (C=O) groups excluding carboxylic acids is 4. The van der Waals surface area contributed by atoms with Crippen molar-refractivity contribution in [3.63, 3.8) is 0 Å². The number of rotatable bonds is 7. The standard InChI is InChI=1S/C36H39N5O4/c1-23(38-31(42)26-17-15-25(16-18-26)24-11-7-6-8-12-24)32(43)40(5)30(20-35(2,3)4)33(44)41-22-36(19-27(41)21-37)28-13-9-10-14-29(28)39-34(36)45/h6-18,23,27,30H,19-20,22H2,1-5H3,(H,38,42)(H,39,45)/t23-,27-,30-,36-/m0/s1. The molecule has 9 nitrogen and oxygen atoms in total. The van der Waals surface area contributed by atoms with E-state index in [0.717, 1.165) is 16.7 Å². The summed E-state index contributed by atoms with van der Waals surface area (Å²) in [6.45, 7) is 7.56. The number of amides is 4. The van der Waals surface area contributed by atoms with Crippen LogP contribution in [-0.2, 0) is 19.8 Å². The fourth-order valence-corrected chi connectivity index (χ4v) is 6.39. The van der Waals surface area contributed by atoms with Crippen LogP contribution in [0.3, 0.4) is 0 Å². The number of carbonyl (C=O) groups is 4. The lowest BCUT2D eigenvalue weighted by Gasteiger charge is -2.36. The molecule has 0 radical (unpaired) electrons. The number of nitrogens with one attached hydrogen (secondary N) is 2. The molecule has 0 bridgehead atoms. The predicted octanol–water partition coefficient (Wildman–Crippen LogP) is 4.75. The van der Waals surface area contributed by atoms with Gasteiger partial charge in [0.1, 0.15) is 18.1 Å². The fraction of sp³-hybridized carbons (Fsp3) is 0.361. The lowest BCUT2D eigenvalue weighted by molar-refractivity contribution is -0.146. The summed E-state index contributed by atoms with van der Waals surface area (Å²) in [7, 11) is 1.55. The number of para-hydroxylation sites is 1. The molecule has 1 saturated heterocycles. The first-order valence-corrected chi connectivity index (χ1v) is 15.2. The van der Waals surface area contributed by atoms with E-state index < -0.39 is 41.3 Å². The molecule has 4 amide bonds. The third-order valence-electron chi connectivity index (χ3n) is 8.79. The summed E-state index contributed by atoms with van der Waals surface area (Å²) in [6, 6.07) is 23.9. The Labute approximate surface area is 264 Å². The number of anilines is 1. The quantitative estimate of drug-likeness (QED) is 0.403. The van der Waals surface area contributed by atoms with Gasteiger partial charge in [-0.2, -0.15) is 5.26 Å². The van der Waals surface area contributed by atoms with Gasteiger partial charge in [0.25, 0.3) is 5.91 Å². The average Bonchev–Trinajstić information content (AvgIpc) is 3.56. The lowest BCUT2D eigenvalue weighted by Crippen LogP contribution is -2.56. The molecule has 0 saturated carbocycles. The topological polar surface area (TPSA) is 123 Å². The first kappa shape index (κ1) is 31.5. The smallest absolute Gasteiger partial charge is 0.251 e. The van der Waals surface area contributed by atoms with Crippen LogP contribution in [0.15, 0.2) is 78.9 Å². The molecule has 0 aliphatic carbocycles. The monoisotopic (exact) mass is 605 g/mol. The highest BCUT2D eigenvalue weighted by molar-refractivity contribution is 6.07. The Hall–Kier alpha value is -4.97. The minimum absolute atomic E-state index is 0.0425. The SMILES string of the molecule is C[C@H](NC(=O)c1ccc(-c2ccccc2)cc1)C(=O)N(C)[C@@H](CC(C)(C)C)C(=O)N1C[C@]2(C[C@H]1C#N)C(=O)Nc1ccccc12. The second kappa shape index (κ2) is 12.2. The molecule has 2 heterocycles. The van der Waals surface area contributed by atoms with Gasteiger partial charge >= 0.3 is 0 Å². The van der Waals surface area contributed by atoms with Crippen LogP contribution in [0.4, 0.5) is 5.69 Å². The Balaban J connectivity index is 1.33. The Morgan fingerprint density at radius 3 is 2.29 bits per heavy atom. The molecule has 1 spiro atoms. The van der Waals surface area contributed by atoms with E-state index in [9.17, 15) is 24.4 Å². The van der Waals surface area contributed by atoms with E-state index in [2.05, 4.69) is 16.7 Å². The molecular formula is C36H39N5O4. The number of fused-ring (bicyclic) bond motifs is 2. The Bertz CT molecular complexity index is 1660. The van der Waals surface area contributed by atoms with E-state index >= 15 is 0 Å². The van der Waals surface area contributed by atoms with Crippen molar-refractivity contribution in [3.05, 3.63) is 90.0 Å². The number of benzene rings is 3. The second-order valence-electron chi connectivity index (χ2n) is 13.3. The van der Waals surface area contributed by atoms with Crippen molar-refractivity contribution in [3.8, 4) is 17.2 Å². The minimum atomic E-state index is -1.03. The molecule has 9 heteroatoms. The molecule has 2 aliphatic heterocycles. The Kier molecular flexibility index (Phi) is 8.53. The maximum absolute atomic E-state index is 14.3. The highest BCUT2D eigenvalue weighted by atomic mass is 16.2. The van der Waals surface area contributed by atoms with E-state index in [1.165, 1.54) is 9.80 Å². The summed E-state index contributed by atoms with van der Waals surface area (Å²) in [5.74, 6) is -1.46. The van der Waals surface area contributed by atoms with Crippen LogP contribution in [0.1, 0.15) is 56.5 Å². The van der Waals surface area contributed by atoms with Crippen molar-refractivity contribution in [1.82, 2.24) is 15.1 Å². The van der Waals surface area contributed by atoms with Crippen LogP contribution in [0.2, 0.25) is 0 Å². The summed E-state index contributed by atoms with van der Waals surface area (Å²) in [6.07, 6.45) is 0.494. The highest BCUT2D eigenvalue weighted by Crippen LogP contribution is 2.46. The van der Waals surface area contributed by atoms with Gasteiger partial charge in [0, 0.05) is 31.3 Å². The van der Waals surface area contributed by atoms with Crippen molar-refractivity contribution < 1.29 is 19.2 Å². The van der Waals surface area contributed by atoms with E-state index in [1.54, 1.807) is 26.1 Å². The number of likely N-dealkylation sites (N-methyl/N-ethyl adjacent to an activating group) is 1. The van der Waals surface area contributed by atoms with Gasteiger partial charge in [0.05, 0.1) is 11.5 Å². The van der Waals surface area contributed by atoms with Crippen molar-refractivity contribution in [2.24, 2.45) is 5.41 Å². The van der Waals surface area contributed by atoms with Gasteiger partial charge in [0.2, 0.25) is 17.7 Å². The minimum Gasteiger partial charge on any atom is -0.341 e. The number of hydrogen-bond donors (Lipinski definition) is 2. The summed E-state index contributed by atoms with van der Waals surface area (Å²) in [5, 5.41) is 15.8. The highest BCUT2D eigenvalue weighted by Gasteiger charge is 2.57. The summed E-state index contributed by atoms with van der Waals surface area (Å²) >= 11 is 0. The number of nitriles is 1. The molecule has 3 aromatic carbocycles. The molecule has 4 atom stereocenters. The first-order valence-electron chi connectivity index (χ1n) is 15.2. The van der Waals surface area contributed by atoms with Gasteiger partial charge < -0.3 is 20.4 Å². The van der Waals surface area contributed by atoms with Crippen molar-refractivity contribution in [2.75, 3.05) is 18.9 Å². The van der Waals surface area contributed by atoms with Crippen molar-refractivity contribution >= 4 is 29.3 Å². The largest absolute Gasteiger partial charge is 0.341 e. The zero-order valence-electron chi connectivity index (χ0n) is 26.3. The average molecular weight is 606 g/mol. The fourth-order valence-electron chi connectivity index (χ4n) is 6.39. The van der Waals surface area contributed by atoms with Crippen molar-refractivity contribution in [2.45, 2.75) is 64.1 Å². The van der Waals surface area contributed by atoms with Gasteiger partial charge in [-0.25, -0.2) is 0 Å². The first-order chi connectivity index (χ1) is 21.3. The molecule has 45 heavy (non-hydrogen) atoms. The van der Waals surface area contributed by atoms with Gasteiger partial charge in [-0.15, -0.1) is 0 Å². The molecule has 232 valence electrons. The molecule has 0 aromatic heterocycles. The Morgan fingerprint density at radius 1 is 1.02 bits per heavy atom. The van der Waals surface area contributed by atoms with Gasteiger partial charge in [-0.1, -0.05) is 81.4 Å². The maximum atomic E-state index is 14.3. The second-order valence-corrected chi connectivity index (χ2v) is 13.3. The summed E-state index contributed by atoms with van der Waals surface area (Å²) < 4.78 is 0. The number of nitrogens with zero attached hydrogens (tertiary/aromatic N) is 3. The maximum Gasteiger partial charge on any atom is 0.251 e. The number of hydrogen-bond acceptors (Lipinski definition) is 5. The summed E-state index contributed by atoms with van der Waals surface area (Å²) in [5.41, 5.74) is 2.50. The van der Waals surface area contributed by atoms with E-state index in [-0.39, 0.29) is 24.3 Å². The van der Waals surface area contributed by atoms with Gasteiger partial charge in [-0.3, -0.25) is 19.2 Å². The zero-order chi connectivity index (χ0) is 32.5. The van der Waals surface area contributed by atoms with E-state index in [4.69, 9.17) is 0 Å². The van der Waals surface area contributed by atoms with E-state index in [1.807, 2.05) is 87.5 Å². The normalized spacial score (nSPS) is 20.1. The van der Waals surface area contributed by atoms with Gasteiger partial charge in [-0.05, 0) is 53.6 Å². The van der Waals surface area contributed by atoms with Crippen LogP contribution in [-0.4, -0.2) is 65.1 Å².